The van der Waals surface area contributed by atoms with Gasteiger partial charge in [-0.05, 0) is 38.9 Å². The van der Waals surface area contributed by atoms with Gasteiger partial charge in [0.2, 0.25) is 5.91 Å². The van der Waals surface area contributed by atoms with Gasteiger partial charge in [-0.25, -0.2) is 0 Å². The smallest absolute Gasteiger partial charge is 0.238 e. The summed E-state index contributed by atoms with van der Waals surface area (Å²) in [5, 5.41) is 6.89. The summed E-state index contributed by atoms with van der Waals surface area (Å²) in [6.07, 6.45) is 0.964. The van der Waals surface area contributed by atoms with Crippen LogP contribution in [-0.2, 0) is 11.3 Å². The topological polar surface area (TPSA) is 67.6 Å². The SMILES string of the molecule is CCCN(CC(=O)Nc1ccccc1OC)Cc1c(C)noc1C. The number of hydrogen-bond acceptors (Lipinski definition) is 5. The van der Waals surface area contributed by atoms with Crippen molar-refractivity contribution in [1.82, 2.24) is 10.1 Å². The maximum Gasteiger partial charge on any atom is 0.238 e. The molecule has 0 saturated heterocycles. The number of aromatic nitrogens is 1. The highest BCUT2D eigenvalue weighted by Gasteiger charge is 2.17. The molecule has 6 heteroatoms. The predicted octanol–water partition coefficient (Wildman–Crippen LogP) is 3.15. The zero-order valence-corrected chi connectivity index (χ0v) is 14.8. The first kappa shape index (κ1) is 18.0. The number of methoxy groups -OCH3 is 1. The average Bonchev–Trinajstić information content (AvgIpc) is 2.87. The van der Waals surface area contributed by atoms with Crippen molar-refractivity contribution in [3.05, 3.63) is 41.3 Å². The molecule has 1 N–H and O–H groups in total. The Kier molecular flexibility index (Phi) is 6.37. The van der Waals surface area contributed by atoms with E-state index in [0.29, 0.717) is 24.5 Å². The Morgan fingerprint density at radius 2 is 2.08 bits per heavy atom. The average molecular weight is 331 g/mol. The number of anilines is 1. The van der Waals surface area contributed by atoms with E-state index < -0.39 is 0 Å². The van der Waals surface area contributed by atoms with Gasteiger partial charge in [-0.1, -0.05) is 24.2 Å². The van der Waals surface area contributed by atoms with Crippen LogP contribution in [0.25, 0.3) is 0 Å². The van der Waals surface area contributed by atoms with E-state index in [1.807, 2.05) is 38.1 Å². The molecule has 0 unspecified atom stereocenters. The van der Waals surface area contributed by atoms with E-state index in [1.54, 1.807) is 7.11 Å². The van der Waals surface area contributed by atoms with Gasteiger partial charge in [-0.2, -0.15) is 0 Å². The number of carbonyl (C=O) groups excluding carboxylic acids is 1. The molecule has 130 valence electrons. The molecule has 6 nitrogen and oxygen atoms in total. The van der Waals surface area contributed by atoms with Crippen LogP contribution in [0.5, 0.6) is 5.75 Å². The Hall–Kier alpha value is -2.34. The molecule has 2 aromatic rings. The van der Waals surface area contributed by atoms with E-state index in [9.17, 15) is 4.79 Å². The van der Waals surface area contributed by atoms with Crippen LogP contribution in [0.4, 0.5) is 5.69 Å². The first-order valence-electron chi connectivity index (χ1n) is 8.12. The Bertz CT molecular complexity index is 662. The molecule has 1 aromatic carbocycles. The monoisotopic (exact) mass is 331 g/mol. The molecule has 24 heavy (non-hydrogen) atoms. The summed E-state index contributed by atoms with van der Waals surface area (Å²) in [7, 11) is 1.59. The number of aryl methyl sites for hydroxylation is 2. The maximum absolute atomic E-state index is 12.4. The number of ether oxygens (including phenoxy) is 1. The van der Waals surface area contributed by atoms with Gasteiger partial charge in [0.1, 0.15) is 11.5 Å². The highest BCUT2D eigenvalue weighted by molar-refractivity contribution is 5.93. The molecule has 0 aliphatic rings. The number of benzene rings is 1. The number of hydrogen-bond donors (Lipinski definition) is 1. The molecule has 2 rings (SSSR count). The molecule has 0 fully saturated rings. The summed E-state index contributed by atoms with van der Waals surface area (Å²) in [6, 6.07) is 7.39. The standard InChI is InChI=1S/C18H25N3O3/c1-5-10-21(11-15-13(2)20-24-14(15)3)12-18(22)19-16-8-6-7-9-17(16)23-4/h6-9H,5,10-12H2,1-4H3,(H,19,22). The van der Waals surface area contributed by atoms with Crippen molar-refractivity contribution in [3.63, 3.8) is 0 Å². The van der Waals surface area contributed by atoms with Gasteiger partial charge >= 0.3 is 0 Å². The number of amides is 1. The molecule has 1 amide bonds. The lowest BCUT2D eigenvalue weighted by atomic mass is 10.2. The summed E-state index contributed by atoms with van der Waals surface area (Å²) in [5.74, 6) is 1.39. The number of rotatable bonds is 8. The first-order chi connectivity index (χ1) is 11.5. The molecule has 0 aliphatic heterocycles. The lowest BCUT2D eigenvalue weighted by molar-refractivity contribution is -0.117. The highest BCUT2D eigenvalue weighted by atomic mass is 16.5. The van der Waals surface area contributed by atoms with Crippen molar-refractivity contribution in [2.75, 3.05) is 25.5 Å². The quantitative estimate of drug-likeness (QED) is 0.805. The summed E-state index contributed by atoms with van der Waals surface area (Å²) >= 11 is 0. The summed E-state index contributed by atoms with van der Waals surface area (Å²) in [6.45, 7) is 7.69. The molecule has 1 aromatic heterocycles. The van der Waals surface area contributed by atoms with E-state index >= 15 is 0 Å². The van der Waals surface area contributed by atoms with Crippen molar-refractivity contribution < 1.29 is 14.1 Å². The van der Waals surface area contributed by atoms with E-state index in [4.69, 9.17) is 9.26 Å². The fraction of sp³-hybridized carbons (Fsp3) is 0.444. The van der Waals surface area contributed by atoms with Crippen LogP contribution in [0.2, 0.25) is 0 Å². The van der Waals surface area contributed by atoms with Crippen molar-refractivity contribution in [1.29, 1.82) is 0 Å². The number of carbonyl (C=O) groups is 1. The molecule has 0 atom stereocenters. The highest BCUT2D eigenvalue weighted by Crippen LogP contribution is 2.23. The summed E-state index contributed by atoms with van der Waals surface area (Å²) < 4.78 is 10.5. The van der Waals surface area contributed by atoms with Crippen molar-refractivity contribution in [3.8, 4) is 5.75 Å². The van der Waals surface area contributed by atoms with Crippen LogP contribution in [0.15, 0.2) is 28.8 Å². The third kappa shape index (κ3) is 4.58. The van der Waals surface area contributed by atoms with Gasteiger partial charge in [0.25, 0.3) is 0 Å². The molecule has 0 saturated carbocycles. The Morgan fingerprint density at radius 1 is 1.33 bits per heavy atom. The van der Waals surface area contributed by atoms with Crippen molar-refractivity contribution >= 4 is 11.6 Å². The van der Waals surface area contributed by atoms with E-state index in [-0.39, 0.29) is 5.91 Å². The zero-order chi connectivity index (χ0) is 17.5. The lowest BCUT2D eigenvalue weighted by Crippen LogP contribution is -2.33. The predicted molar refractivity (Wildman–Crippen MR) is 93.2 cm³/mol. The fourth-order valence-electron chi connectivity index (χ4n) is 2.62. The van der Waals surface area contributed by atoms with E-state index in [0.717, 1.165) is 30.0 Å². The van der Waals surface area contributed by atoms with Crippen molar-refractivity contribution in [2.24, 2.45) is 0 Å². The number of nitrogens with one attached hydrogen (secondary N) is 1. The van der Waals surface area contributed by atoms with Gasteiger partial charge in [-0.15, -0.1) is 0 Å². The molecular formula is C18H25N3O3. The second-order valence-corrected chi connectivity index (χ2v) is 5.76. The minimum absolute atomic E-state index is 0.0697. The summed E-state index contributed by atoms with van der Waals surface area (Å²) in [4.78, 5) is 14.5. The molecule has 0 spiro atoms. The van der Waals surface area contributed by atoms with Crippen LogP contribution in [-0.4, -0.2) is 36.2 Å². The first-order valence-corrected chi connectivity index (χ1v) is 8.12. The summed E-state index contributed by atoms with van der Waals surface area (Å²) in [5.41, 5.74) is 2.60. The van der Waals surface area contributed by atoms with Gasteiger partial charge in [-0.3, -0.25) is 9.69 Å². The molecule has 0 aliphatic carbocycles. The van der Waals surface area contributed by atoms with Crippen LogP contribution < -0.4 is 10.1 Å². The Balaban J connectivity index is 2.03. The third-order valence-electron chi connectivity index (χ3n) is 3.85. The largest absolute Gasteiger partial charge is 0.495 e. The van der Waals surface area contributed by atoms with Crippen molar-refractivity contribution in [2.45, 2.75) is 33.7 Å². The molecule has 0 bridgehead atoms. The normalized spacial score (nSPS) is 10.9. The van der Waals surface area contributed by atoms with Crippen LogP contribution in [0.1, 0.15) is 30.4 Å². The fourth-order valence-corrected chi connectivity index (χ4v) is 2.62. The van der Waals surface area contributed by atoms with Gasteiger partial charge in [0, 0.05) is 12.1 Å². The minimum Gasteiger partial charge on any atom is -0.495 e. The van der Waals surface area contributed by atoms with Gasteiger partial charge in [0.15, 0.2) is 0 Å². The van der Waals surface area contributed by atoms with Crippen LogP contribution in [0, 0.1) is 13.8 Å². The number of para-hydroxylation sites is 2. The zero-order valence-electron chi connectivity index (χ0n) is 14.8. The van der Waals surface area contributed by atoms with E-state index in [1.165, 1.54) is 0 Å². The van der Waals surface area contributed by atoms with Crippen LogP contribution >= 0.6 is 0 Å². The van der Waals surface area contributed by atoms with Crippen LogP contribution in [0.3, 0.4) is 0 Å². The molecule has 1 heterocycles. The maximum atomic E-state index is 12.4. The van der Waals surface area contributed by atoms with E-state index in [2.05, 4.69) is 22.3 Å². The molecular weight excluding hydrogens is 306 g/mol. The second kappa shape index (κ2) is 8.49. The van der Waals surface area contributed by atoms with Gasteiger partial charge < -0.3 is 14.6 Å². The third-order valence-corrected chi connectivity index (χ3v) is 3.85. The Labute approximate surface area is 142 Å². The Morgan fingerprint density at radius 3 is 2.71 bits per heavy atom. The minimum atomic E-state index is -0.0697. The lowest BCUT2D eigenvalue weighted by Gasteiger charge is -2.21. The molecule has 0 radical (unpaired) electrons. The number of nitrogens with zero attached hydrogens (tertiary/aromatic N) is 2. The second-order valence-electron chi connectivity index (χ2n) is 5.76. The van der Waals surface area contributed by atoms with Gasteiger partial charge in [0.05, 0.1) is 25.0 Å².